The highest BCUT2D eigenvalue weighted by molar-refractivity contribution is 6.79. The molecule has 100 valence electrons. The topological polar surface area (TPSA) is 20.2 Å². The molecule has 0 radical (unpaired) electrons. The van der Waals surface area contributed by atoms with Crippen LogP contribution in [-0.4, -0.2) is 13.2 Å². The van der Waals surface area contributed by atoms with Crippen LogP contribution in [0.5, 0.6) is 0 Å². The first-order valence-corrected chi connectivity index (χ1v) is 10.2. The third-order valence-electron chi connectivity index (χ3n) is 3.71. The van der Waals surface area contributed by atoms with E-state index in [2.05, 4.69) is 38.7 Å². The number of benzene rings is 2. The third kappa shape index (κ3) is 2.51. The Kier molecular flexibility index (Phi) is 3.66. The Balaban J connectivity index is 2.66. The molecule has 0 aliphatic heterocycles. The van der Waals surface area contributed by atoms with Gasteiger partial charge in [0.2, 0.25) is 0 Å². The lowest BCUT2D eigenvalue weighted by Crippen LogP contribution is -2.50. The van der Waals surface area contributed by atoms with Crippen LogP contribution in [0.4, 0.5) is 0 Å². The maximum atomic E-state index is 11.5. The van der Waals surface area contributed by atoms with Gasteiger partial charge in [0, 0.05) is 0 Å². The number of hydrogen-bond acceptors (Lipinski definition) is 1. The molecule has 2 rings (SSSR count). The van der Waals surface area contributed by atoms with Crippen LogP contribution in [0.25, 0.3) is 0 Å². The molecule has 1 N–H and O–H groups in total. The van der Waals surface area contributed by atoms with Gasteiger partial charge in [0.1, 0.15) is 5.22 Å². The van der Waals surface area contributed by atoms with Gasteiger partial charge in [-0.05, 0) is 18.1 Å². The smallest absolute Gasteiger partial charge is 0.102 e. The number of aryl methyl sites for hydroxylation is 1. The van der Waals surface area contributed by atoms with Crippen molar-refractivity contribution in [1.82, 2.24) is 0 Å². The van der Waals surface area contributed by atoms with Crippen molar-refractivity contribution >= 4 is 8.07 Å². The summed E-state index contributed by atoms with van der Waals surface area (Å²) in [4.78, 5) is 0. The number of aliphatic hydroxyl groups is 1. The van der Waals surface area contributed by atoms with Gasteiger partial charge in [0.15, 0.2) is 0 Å². The van der Waals surface area contributed by atoms with Gasteiger partial charge in [-0.25, -0.2) is 0 Å². The van der Waals surface area contributed by atoms with E-state index in [-0.39, 0.29) is 0 Å². The maximum Gasteiger partial charge on any atom is 0.102 e. The molecular weight excluding hydrogens is 248 g/mol. The highest BCUT2D eigenvalue weighted by atomic mass is 28.3. The molecule has 0 fully saturated rings. The summed E-state index contributed by atoms with van der Waals surface area (Å²) < 4.78 is 0. The van der Waals surface area contributed by atoms with Crippen LogP contribution in [0.1, 0.15) is 16.7 Å². The van der Waals surface area contributed by atoms with Crippen molar-refractivity contribution in [3.8, 4) is 0 Å². The standard InChI is InChI=1S/C17H22OSi/c1-14-9-8-12-16(13-14)17(18,19(2,3)4)15-10-6-5-7-11-15/h5-13,18H,1-4H3. The zero-order valence-electron chi connectivity index (χ0n) is 12.1. The fourth-order valence-corrected chi connectivity index (χ4v) is 4.64. The van der Waals surface area contributed by atoms with Gasteiger partial charge in [-0.1, -0.05) is 79.8 Å². The van der Waals surface area contributed by atoms with Crippen LogP contribution in [0.2, 0.25) is 19.6 Å². The minimum Gasteiger partial charge on any atom is -0.384 e. The van der Waals surface area contributed by atoms with Crippen LogP contribution in [0.3, 0.4) is 0 Å². The van der Waals surface area contributed by atoms with Gasteiger partial charge in [-0.2, -0.15) is 0 Å². The average Bonchev–Trinajstić information content (AvgIpc) is 2.37. The molecule has 0 aliphatic carbocycles. The minimum atomic E-state index is -1.86. The fraction of sp³-hybridized carbons (Fsp3) is 0.294. The Bertz CT molecular complexity index is 557. The van der Waals surface area contributed by atoms with Crippen LogP contribution < -0.4 is 0 Å². The molecule has 1 unspecified atom stereocenters. The van der Waals surface area contributed by atoms with E-state index in [9.17, 15) is 5.11 Å². The lowest BCUT2D eigenvalue weighted by atomic mass is 9.99. The number of rotatable bonds is 3. The summed E-state index contributed by atoms with van der Waals surface area (Å²) in [5.74, 6) is 0. The Hall–Kier alpha value is -1.38. The summed E-state index contributed by atoms with van der Waals surface area (Å²) in [6.07, 6.45) is 0. The quantitative estimate of drug-likeness (QED) is 0.832. The zero-order chi connectivity index (χ0) is 14.1. The van der Waals surface area contributed by atoms with Gasteiger partial charge in [0.25, 0.3) is 0 Å². The second-order valence-electron chi connectivity index (χ2n) is 6.20. The zero-order valence-corrected chi connectivity index (χ0v) is 13.1. The molecule has 0 bridgehead atoms. The normalized spacial score (nSPS) is 15.0. The van der Waals surface area contributed by atoms with Crippen molar-refractivity contribution in [2.75, 3.05) is 0 Å². The predicted octanol–water partition coefficient (Wildman–Crippen LogP) is 4.11. The molecule has 0 heterocycles. The van der Waals surface area contributed by atoms with E-state index in [0.717, 1.165) is 11.1 Å². The van der Waals surface area contributed by atoms with Crippen LogP contribution in [0.15, 0.2) is 54.6 Å². The summed E-state index contributed by atoms with van der Waals surface area (Å²) in [5, 5.41) is 10.6. The molecule has 1 nitrogen and oxygen atoms in total. The summed E-state index contributed by atoms with van der Waals surface area (Å²) in [6.45, 7) is 8.70. The van der Waals surface area contributed by atoms with Crippen molar-refractivity contribution in [3.05, 3.63) is 71.3 Å². The Morgan fingerprint density at radius 1 is 0.842 bits per heavy atom. The molecule has 0 aromatic heterocycles. The number of hydrogen-bond donors (Lipinski definition) is 1. The summed E-state index contributed by atoms with van der Waals surface area (Å²) in [6, 6.07) is 18.3. The van der Waals surface area contributed by atoms with Crippen molar-refractivity contribution < 1.29 is 5.11 Å². The Morgan fingerprint density at radius 3 is 1.95 bits per heavy atom. The van der Waals surface area contributed by atoms with Crippen LogP contribution in [-0.2, 0) is 5.22 Å². The second-order valence-corrected chi connectivity index (χ2v) is 11.4. The van der Waals surface area contributed by atoms with Crippen LogP contribution >= 0.6 is 0 Å². The third-order valence-corrected chi connectivity index (χ3v) is 6.46. The second kappa shape index (κ2) is 4.95. The molecule has 0 saturated heterocycles. The highest BCUT2D eigenvalue weighted by Crippen LogP contribution is 2.38. The average molecular weight is 270 g/mol. The van der Waals surface area contributed by atoms with Crippen LogP contribution in [0, 0.1) is 6.92 Å². The van der Waals surface area contributed by atoms with E-state index in [4.69, 9.17) is 0 Å². The van der Waals surface area contributed by atoms with Gasteiger partial charge in [0.05, 0.1) is 8.07 Å². The molecule has 0 spiro atoms. The lowest BCUT2D eigenvalue weighted by Gasteiger charge is -2.40. The molecule has 2 heteroatoms. The SMILES string of the molecule is Cc1cccc(C(O)(c2ccccc2)[Si](C)(C)C)c1. The first-order chi connectivity index (χ1) is 8.85. The molecule has 1 atom stereocenters. The van der Waals surface area contributed by atoms with E-state index >= 15 is 0 Å². The highest BCUT2D eigenvalue weighted by Gasteiger charge is 2.44. The largest absolute Gasteiger partial charge is 0.384 e. The predicted molar refractivity (Wildman–Crippen MR) is 84.0 cm³/mol. The molecule has 19 heavy (non-hydrogen) atoms. The molecule has 2 aromatic carbocycles. The van der Waals surface area contributed by atoms with E-state index in [1.54, 1.807) is 0 Å². The monoisotopic (exact) mass is 270 g/mol. The van der Waals surface area contributed by atoms with E-state index in [1.165, 1.54) is 5.56 Å². The first kappa shape index (κ1) is 14.0. The molecule has 0 amide bonds. The summed E-state index contributed by atoms with van der Waals surface area (Å²) in [5.41, 5.74) is 3.20. The Morgan fingerprint density at radius 2 is 1.42 bits per heavy atom. The van der Waals surface area contributed by atoms with Gasteiger partial charge >= 0.3 is 0 Å². The minimum absolute atomic E-state index is 0.847. The van der Waals surface area contributed by atoms with E-state index in [1.807, 2.05) is 42.5 Å². The van der Waals surface area contributed by atoms with Crippen molar-refractivity contribution in [3.63, 3.8) is 0 Å². The van der Waals surface area contributed by atoms with E-state index in [0.29, 0.717) is 0 Å². The summed E-state index contributed by atoms with van der Waals surface area (Å²) in [7, 11) is -1.86. The van der Waals surface area contributed by atoms with Gasteiger partial charge in [-0.3, -0.25) is 0 Å². The lowest BCUT2D eigenvalue weighted by molar-refractivity contribution is 0.158. The molecule has 2 aromatic rings. The molecular formula is C17H22OSi. The molecule has 0 saturated carbocycles. The van der Waals surface area contributed by atoms with Crippen molar-refractivity contribution in [2.24, 2.45) is 0 Å². The van der Waals surface area contributed by atoms with Gasteiger partial charge < -0.3 is 5.11 Å². The fourth-order valence-electron chi connectivity index (χ4n) is 2.58. The maximum absolute atomic E-state index is 11.5. The van der Waals surface area contributed by atoms with Crippen molar-refractivity contribution in [2.45, 2.75) is 31.8 Å². The van der Waals surface area contributed by atoms with Crippen molar-refractivity contribution in [1.29, 1.82) is 0 Å². The first-order valence-electron chi connectivity index (χ1n) is 6.71. The molecule has 0 aliphatic rings. The van der Waals surface area contributed by atoms with E-state index < -0.39 is 13.3 Å². The Labute approximate surface area is 116 Å². The summed E-state index contributed by atoms with van der Waals surface area (Å²) >= 11 is 0. The van der Waals surface area contributed by atoms with Gasteiger partial charge in [-0.15, -0.1) is 0 Å².